The van der Waals surface area contributed by atoms with Crippen molar-refractivity contribution in [2.45, 2.75) is 31.2 Å². The van der Waals surface area contributed by atoms with Crippen LogP contribution in [0.1, 0.15) is 18.1 Å². The molecule has 144 valence electrons. The molecule has 0 saturated carbocycles. The van der Waals surface area contributed by atoms with E-state index < -0.39 is 5.25 Å². The van der Waals surface area contributed by atoms with Crippen LogP contribution in [0.2, 0.25) is 0 Å². The second-order valence-electron chi connectivity index (χ2n) is 6.43. The van der Waals surface area contributed by atoms with E-state index in [1.54, 1.807) is 22.9 Å². The molecule has 0 radical (unpaired) electrons. The SMILES string of the molecule is Cc1cccc(C)c1-n1nnnc1S[C@@H](C)C(=O)Nc1ccc2c(c1)OCO2. The summed E-state index contributed by atoms with van der Waals surface area (Å²) in [6.07, 6.45) is 0. The summed E-state index contributed by atoms with van der Waals surface area (Å²) in [5, 5.41) is 15.1. The molecule has 1 N–H and O–H groups in total. The highest BCUT2D eigenvalue weighted by Gasteiger charge is 2.21. The lowest BCUT2D eigenvalue weighted by Crippen LogP contribution is -2.23. The van der Waals surface area contributed by atoms with E-state index in [0.717, 1.165) is 16.8 Å². The zero-order chi connectivity index (χ0) is 19.7. The predicted octanol–water partition coefficient (Wildman–Crippen LogP) is 3.13. The molecule has 0 saturated heterocycles. The molecule has 0 aliphatic carbocycles. The molecule has 28 heavy (non-hydrogen) atoms. The summed E-state index contributed by atoms with van der Waals surface area (Å²) in [6, 6.07) is 11.3. The summed E-state index contributed by atoms with van der Waals surface area (Å²) in [7, 11) is 0. The van der Waals surface area contributed by atoms with Crippen molar-refractivity contribution < 1.29 is 14.3 Å². The summed E-state index contributed by atoms with van der Waals surface area (Å²) in [4.78, 5) is 12.6. The molecule has 0 unspecified atom stereocenters. The zero-order valence-corrected chi connectivity index (χ0v) is 16.5. The lowest BCUT2D eigenvalue weighted by atomic mass is 10.1. The van der Waals surface area contributed by atoms with Gasteiger partial charge in [0.2, 0.25) is 17.9 Å². The Hall–Kier alpha value is -3.07. The zero-order valence-electron chi connectivity index (χ0n) is 15.7. The van der Waals surface area contributed by atoms with Crippen molar-refractivity contribution in [3.05, 3.63) is 47.5 Å². The van der Waals surface area contributed by atoms with Gasteiger partial charge in [0.05, 0.1) is 10.9 Å². The van der Waals surface area contributed by atoms with Crippen LogP contribution in [0.3, 0.4) is 0 Å². The van der Waals surface area contributed by atoms with Crippen LogP contribution in [0, 0.1) is 13.8 Å². The first-order valence-corrected chi connectivity index (χ1v) is 9.63. The van der Waals surface area contributed by atoms with Gasteiger partial charge in [0.25, 0.3) is 0 Å². The van der Waals surface area contributed by atoms with Gasteiger partial charge < -0.3 is 14.8 Å². The van der Waals surface area contributed by atoms with Crippen molar-refractivity contribution in [1.29, 1.82) is 0 Å². The van der Waals surface area contributed by atoms with Crippen LogP contribution in [0.5, 0.6) is 11.5 Å². The fraction of sp³-hybridized carbons (Fsp3) is 0.263. The number of anilines is 1. The van der Waals surface area contributed by atoms with Crippen molar-refractivity contribution in [2.24, 2.45) is 0 Å². The molecule has 2 aromatic carbocycles. The quantitative estimate of drug-likeness (QED) is 0.661. The van der Waals surface area contributed by atoms with Crippen LogP contribution >= 0.6 is 11.8 Å². The number of carbonyl (C=O) groups excluding carboxylic acids is 1. The molecule has 1 atom stereocenters. The normalized spacial score (nSPS) is 13.4. The van der Waals surface area contributed by atoms with Crippen LogP contribution in [0.15, 0.2) is 41.6 Å². The van der Waals surface area contributed by atoms with Crippen LogP contribution < -0.4 is 14.8 Å². The number of amides is 1. The molecule has 4 rings (SSSR count). The standard InChI is InChI=1S/C19H19N5O3S/c1-11-5-4-6-12(2)17(11)24-19(21-22-23-24)28-13(3)18(25)20-14-7-8-15-16(9-14)27-10-26-15/h4-9,13H,10H2,1-3H3,(H,20,25)/t13-/m0/s1. The number of ether oxygens (including phenoxy) is 2. The van der Waals surface area contributed by atoms with E-state index in [2.05, 4.69) is 20.8 Å². The molecular formula is C19H19N5O3S. The molecule has 1 amide bonds. The maximum absolute atomic E-state index is 12.6. The summed E-state index contributed by atoms with van der Waals surface area (Å²) in [5.74, 6) is 1.14. The van der Waals surface area contributed by atoms with Crippen LogP contribution in [-0.2, 0) is 4.79 Å². The Labute approximate surface area is 166 Å². The summed E-state index contributed by atoms with van der Waals surface area (Å²) in [5.41, 5.74) is 3.70. The molecular weight excluding hydrogens is 378 g/mol. The van der Waals surface area contributed by atoms with Crippen molar-refractivity contribution in [3.63, 3.8) is 0 Å². The highest BCUT2D eigenvalue weighted by molar-refractivity contribution is 8.00. The van der Waals surface area contributed by atoms with E-state index >= 15 is 0 Å². The van der Waals surface area contributed by atoms with E-state index in [1.807, 2.05) is 39.0 Å². The summed E-state index contributed by atoms with van der Waals surface area (Å²) >= 11 is 1.30. The van der Waals surface area contributed by atoms with E-state index in [9.17, 15) is 4.79 Å². The molecule has 2 heterocycles. The molecule has 0 fully saturated rings. The number of thioether (sulfide) groups is 1. The number of benzene rings is 2. The number of fused-ring (bicyclic) bond motifs is 1. The maximum Gasteiger partial charge on any atom is 0.237 e. The van der Waals surface area contributed by atoms with Gasteiger partial charge in [0, 0.05) is 11.8 Å². The highest BCUT2D eigenvalue weighted by atomic mass is 32.2. The maximum atomic E-state index is 12.6. The first-order chi connectivity index (χ1) is 13.5. The van der Waals surface area contributed by atoms with Gasteiger partial charge in [-0.3, -0.25) is 4.79 Å². The third kappa shape index (κ3) is 3.53. The van der Waals surface area contributed by atoms with Crippen molar-refractivity contribution in [1.82, 2.24) is 20.2 Å². The van der Waals surface area contributed by atoms with Crippen LogP contribution in [0.4, 0.5) is 5.69 Å². The molecule has 1 aliphatic rings. The molecule has 0 bridgehead atoms. The second kappa shape index (κ2) is 7.51. The summed E-state index contributed by atoms with van der Waals surface area (Å²) in [6.45, 7) is 6.03. The van der Waals surface area contributed by atoms with E-state index in [1.165, 1.54) is 11.8 Å². The minimum atomic E-state index is -0.403. The van der Waals surface area contributed by atoms with Gasteiger partial charge in [-0.25, -0.2) is 0 Å². The predicted molar refractivity (Wildman–Crippen MR) is 105 cm³/mol. The first kappa shape index (κ1) is 18.3. The fourth-order valence-electron chi connectivity index (χ4n) is 2.96. The number of aromatic nitrogens is 4. The number of rotatable bonds is 5. The third-order valence-corrected chi connectivity index (χ3v) is 5.42. The Bertz CT molecular complexity index is 1020. The lowest BCUT2D eigenvalue weighted by molar-refractivity contribution is -0.115. The lowest BCUT2D eigenvalue weighted by Gasteiger charge is -2.14. The second-order valence-corrected chi connectivity index (χ2v) is 7.74. The number of nitrogens with one attached hydrogen (secondary N) is 1. The Morgan fingerprint density at radius 2 is 1.93 bits per heavy atom. The Kier molecular flexibility index (Phi) is 4.91. The minimum Gasteiger partial charge on any atom is -0.454 e. The largest absolute Gasteiger partial charge is 0.454 e. The molecule has 8 nitrogen and oxygen atoms in total. The van der Waals surface area contributed by atoms with Gasteiger partial charge in [-0.2, -0.15) is 4.68 Å². The monoisotopic (exact) mass is 397 g/mol. The van der Waals surface area contributed by atoms with Gasteiger partial charge >= 0.3 is 0 Å². The van der Waals surface area contributed by atoms with E-state index in [4.69, 9.17) is 9.47 Å². The van der Waals surface area contributed by atoms with Gasteiger partial charge in [0.15, 0.2) is 11.5 Å². The fourth-order valence-corrected chi connectivity index (χ4v) is 3.76. The number of nitrogens with zero attached hydrogens (tertiary/aromatic N) is 4. The number of para-hydroxylation sites is 1. The third-order valence-electron chi connectivity index (χ3n) is 4.38. The van der Waals surface area contributed by atoms with Crippen LogP contribution in [0.25, 0.3) is 5.69 Å². The average molecular weight is 397 g/mol. The minimum absolute atomic E-state index is 0.153. The average Bonchev–Trinajstić information content (AvgIpc) is 3.31. The topological polar surface area (TPSA) is 91.2 Å². The highest BCUT2D eigenvalue weighted by Crippen LogP contribution is 2.34. The van der Waals surface area contributed by atoms with Crippen LogP contribution in [-0.4, -0.2) is 38.2 Å². The van der Waals surface area contributed by atoms with Gasteiger partial charge in [-0.1, -0.05) is 30.0 Å². The van der Waals surface area contributed by atoms with E-state index in [-0.39, 0.29) is 12.7 Å². The van der Waals surface area contributed by atoms with Gasteiger partial charge in [0.1, 0.15) is 0 Å². The number of hydrogen-bond donors (Lipinski definition) is 1. The molecule has 0 spiro atoms. The number of tetrazole rings is 1. The van der Waals surface area contributed by atoms with E-state index in [0.29, 0.717) is 22.3 Å². The molecule has 1 aromatic heterocycles. The smallest absolute Gasteiger partial charge is 0.237 e. The van der Waals surface area contributed by atoms with Gasteiger partial charge in [-0.15, -0.1) is 5.10 Å². The summed E-state index contributed by atoms with van der Waals surface area (Å²) < 4.78 is 12.3. The van der Waals surface area contributed by atoms with Crippen molar-refractivity contribution >= 4 is 23.4 Å². The Morgan fingerprint density at radius 3 is 2.71 bits per heavy atom. The molecule has 1 aliphatic heterocycles. The molecule has 9 heteroatoms. The number of aryl methyl sites for hydroxylation is 2. The first-order valence-electron chi connectivity index (χ1n) is 8.75. The molecule has 3 aromatic rings. The number of hydrogen-bond acceptors (Lipinski definition) is 7. The van der Waals surface area contributed by atoms with Crippen molar-refractivity contribution in [2.75, 3.05) is 12.1 Å². The van der Waals surface area contributed by atoms with Crippen molar-refractivity contribution in [3.8, 4) is 17.2 Å². The Morgan fingerprint density at radius 1 is 1.18 bits per heavy atom. The number of carbonyl (C=O) groups is 1. The van der Waals surface area contributed by atoms with Gasteiger partial charge in [-0.05, 0) is 54.5 Å². The Balaban J connectivity index is 1.49.